The molecular weight excluding hydrogens is 498 g/mol. The van der Waals surface area contributed by atoms with Gasteiger partial charge in [0, 0.05) is 28.7 Å². The molecule has 1 aliphatic heterocycles. The van der Waals surface area contributed by atoms with Gasteiger partial charge in [0.2, 0.25) is 0 Å². The van der Waals surface area contributed by atoms with Crippen LogP contribution in [0.2, 0.25) is 18.1 Å². The second-order valence-electron chi connectivity index (χ2n) is 13.8. The molecule has 1 aromatic heterocycles. The number of carboxylic acids is 1. The maximum Gasteiger partial charge on any atom is 0.330 e. The number of fused-ring (bicyclic) bond motifs is 7. The van der Waals surface area contributed by atoms with E-state index in [4.69, 9.17) is 4.43 Å². The fraction of sp³-hybridized carbons (Fsp3) is 0.676. The minimum absolute atomic E-state index is 0.0213. The summed E-state index contributed by atoms with van der Waals surface area (Å²) < 4.78 is 10.0. The van der Waals surface area contributed by atoms with Crippen LogP contribution in [-0.4, -0.2) is 30.1 Å². The van der Waals surface area contributed by atoms with Crippen LogP contribution in [-0.2, 0) is 21.2 Å². The zero-order chi connectivity index (χ0) is 28.2. The SMILES string of the molecule is CC[Si](CC)(CC)O[C@H]1CC[C@@]2(C)[C@@H](CC[C@H]3Cn4c(cc5ccccc54)[C@@]32C)[C@]1(C)CC/C=C(\C)C(=O)O. The molecule has 3 aliphatic rings. The second kappa shape index (κ2) is 10.2. The molecule has 2 fully saturated rings. The minimum Gasteiger partial charge on any atom is -0.478 e. The van der Waals surface area contributed by atoms with Crippen LogP contribution in [0.4, 0.5) is 0 Å². The number of para-hydroxylation sites is 1. The Labute approximate surface area is 237 Å². The Morgan fingerprint density at radius 2 is 1.79 bits per heavy atom. The first-order chi connectivity index (χ1) is 18.5. The highest BCUT2D eigenvalue weighted by Crippen LogP contribution is 2.70. The first kappa shape index (κ1) is 28.7. The topological polar surface area (TPSA) is 51.5 Å². The molecule has 0 amide bonds. The standard InChI is InChI=1S/C34H51NO3Si/c1-8-39(9-2,10-3)38-30-19-21-33(6)28(32(30,5)20-13-14-24(4)31(36)37)18-17-26-23-35-27-16-12-11-15-25(27)22-29(35)34(26,33)7/h11-12,14-16,22,26,28,30H,8-10,13,17-21,23H2,1-7H3,(H,36,37)/b24-14+/t26-,28-,30-,32-,33-,34+/m0/s1. The van der Waals surface area contributed by atoms with Crippen molar-refractivity contribution in [2.75, 3.05) is 0 Å². The number of allylic oxidation sites excluding steroid dienone is 1. The third-order valence-corrected chi connectivity index (χ3v) is 17.2. The Bertz CT molecular complexity index is 1250. The molecular formula is C34H51NO3Si. The summed E-state index contributed by atoms with van der Waals surface area (Å²) in [6.45, 7) is 17.6. The van der Waals surface area contributed by atoms with Crippen molar-refractivity contribution in [1.29, 1.82) is 0 Å². The van der Waals surface area contributed by atoms with E-state index in [-0.39, 0.29) is 22.3 Å². The van der Waals surface area contributed by atoms with Crippen LogP contribution in [0.3, 0.4) is 0 Å². The Kier molecular flexibility index (Phi) is 7.50. The molecule has 2 aromatic rings. The van der Waals surface area contributed by atoms with E-state index < -0.39 is 14.3 Å². The predicted molar refractivity (Wildman–Crippen MR) is 164 cm³/mol. The second-order valence-corrected chi connectivity index (χ2v) is 18.5. The van der Waals surface area contributed by atoms with Gasteiger partial charge in [-0.05, 0) is 104 Å². The van der Waals surface area contributed by atoms with Crippen molar-refractivity contribution in [2.24, 2.45) is 22.7 Å². The van der Waals surface area contributed by atoms with E-state index in [1.807, 2.05) is 6.08 Å². The summed E-state index contributed by atoms with van der Waals surface area (Å²) in [5.41, 5.74) is 3.72. The largest absolute Gasteiger partial charge is 0.478 e. The molecule has 2 heterocycles. The zero-order valence-corrected chi connectivity index (χ0v) is 26.5. The van der Waals surface area contributed by atoms with Crippen molar-refractivity contribution in [1.82, 2.24) is 4.57 Å². The molecule has 2 saturated carbocycles. The van der Waals surface area contributed by atoms with E-state index in [9.17, 15) is 9.90 Å². The van der Waals surface area contributed by atoms with Crippen LogP contribution >= 0.6 is 0 Å². The molecule has 6 atom stereocenters. The Hall–Kier alpha value is -1.85. The van der Waals surface area contributed by atoms with Gasteiger partial charge in [-0.3, -0.25) is 0 Å². The molecule has 0 unspecified atom stereocenters. The number of carboxylic acid groups (broad SMARTS) is 1. The smallest absolute Gasteiger partial charge is 0.330 e. The quantitative estimate of drug-likeness (QED) is 0.251. The molecule has 5 heteroatoms. The van der Waals surface area contributed by atoms with Gasteiger partial charge in [-0.2, -0.15) is 0 Å². The van der Waals surface area contributed by atoms with Gasteiger partial charge in [0.1, 0.15) is 0 Å². The van der Waals surface area contributed by atoms with Gasteiger partial charge in [0.15, 0.2) is 8.32 Å². The highest BCUT2D eigenvalue weighted by atomic mass is 28.4. The van der Waals surface area contributed by atoms with Gasteiger partial charge in [-0.25, -0.2) is 4.79 Å². The summed E-state index contributed by atoms with van der Waals surface area (Å²) in [5, 5.41) is 10.9. The van der Waals surface area contributed by atoms with Crippen LogP contribution in [0, 0.1) is 22.7 Å². The lowest BCUT2D eigenvalue weighted by atomic mass is 9.40. The summed E-state index contributed by atoms with van der Waals surface area (Å²) >= 11 is 0. The average Bonchev–Trinajstić information content (AvgIpc) is 3.43. The number of carbonyl (C=O) groups is 1. The lowest BCUT2D eigenvalue weighted by Crippen LogP contribution is -2.63. The van der Waals surface area contributed by atoms with Gasteiger partial charge >= 0.3 is 5.97 Å². The average molecular weight is 550 g/mol. The van der Waals surface area contributed by atoms with Crippen LogP contribution in [0.5, 0.6) is 0 Å². The van der Waals surface area contributed by atoms with Crippen molar-refractivity contribution in [2.45, 2.75) is 123 Å². The zero-order valence-electron chi connectivity index (χ0n) is 25.5. The monoisotopic (exact) mass is 549 g/mol. The highest BCUT2D eigenvalue weighted by molar-refractivity contribution is 6.73. The van der Waals surface area contributed by atoms with Crippen LogP contribution in [0.15, 0.2) is 42.0 Å². The number of aliphatic carboxylic acids is 1. The fourth-order valence-electron chi connectivity index (χ4n) is 9.63. The van der Waals surface area contributed by atoms with Crippen LogP contribution < -0.4 is 0 Å². The van der Waals surface area contributed by atoms with Crippen molar-refractivity contribution in [3.05, 3.63) is 47.7 Å². The molecule has 1 aromatic carbocycles. The summed E-state index contributed by atoms with van der Waals surface area (Å²) in [5.74, 6) is 0.414. The third kappa shape index (κ3) is 4.20. The Morgan fingerprint density at radius 3 is 2.46 bits per heavy atom. The van der Waals surface area contributed by atoms with Gasteiger partial charge < -0.3 is 14.1 Å². The number of hydrogen-bond donors (Lipinski definition) is 1. The number of hydrogen-bond acceptors (Lipinski definition) is 2. The van der Waals surface area contributed by atoms with Gasteiger partial charge in [0.05, 0.1) is 6.10 Å². The molecule has 1 N–H and O–H groups in total. The Morgan fingerprint density at radius 1 is 1.10 bits per heavy atom. The van der Waals surface area contributed by atoms with Crippen LogP contribution in [0.25, 0.3) is 10.9 Å². The normalized spacial score (nSPS) is 34.5. The van der Waals surface area contributed by atoms with E-state index in [0.717, 1.165) is 25.8 Å². The first-order valence-corrected chi connectivity index (χ1v) is 18.2. The van der Waals surface area contributed by atoms with E-state index in [0.29, 0.717) is 17.4 Å². The van der Waals surface area contributed by atoms with Crippen molar-refractivity contribution < 1.29 is 14.3 Å². The molecule has 39 heavy (non-hydrogen) atoms. The van der Waals surface area contributed by atoms with Crippen molar-refractivity contribution >= 4 is 25.2 Å². The molecule has 0 bridgehead atoms. The van der Waals surface area contributed by atoms with Crippen molar-refractivity contribution in [3.8, 4) is 0 Å². The molecule has 0 radical (unpaired) electrons. The number of rotatable bonds is 9. The molecule has 2 aliphatic carbocycles. The Balaban J connectivity index is 1.57. The molecule has 0 saturated heterocycles. The van der Waals surface area contributed by atoms with E-state index in [1.54, 1.807) is 12.6 Å². The molecule has 4 nitrogen and oxygen atoms in total. The third-order valence-electron chi connectivity index (χ3n) is 12.6. The molecule has 214 valence electrons. The number of nitrogens with zero attached hydrogens (tertiary/aromatic N) is 1. The molecule has 0 spiro atoms. The number of benzene rings is 1. The summed E-state index contributed by atoms with van der Waals surface area (Å²) in [6.07, 6.45) is 8.84. The minimum atomic E-state index is -1.79. The highest BCUT2D eigenvalue weighted by Gasteiger charge is 2.66. The lowest BCUT2D eigenvalue weighted by Gasteiger charge is -2.66. The van der Waals surface area contributed by atoms with E-state index >= 15 is 0 Å². The maximum absolute atomic E-state index is 11.6. The first-order valence-electron chi connectivity index (χ1n) is 15.7. The van der Waals surface area contributed by atoms with Crippen molar-refractivity contribution in [3.63, 3.8) is 0 Å². The van der Waals surface area contributed by atoms with Gasteiger partial charge in [0.25, 0.3) is 0 Å². The van der Waals surface area contributed by atoms with Crippen LogP contribution in [0.1, 0.15) is 92.7 Å². The maximum atomic E-state index is 11.6. The molecule has 5 rings (SSSR count). The number of aromatic nitrogens is 1. The van der Waals surface area contributed by atoms with E-state index in [2.05, 4.69) is 76.4 Å². The lowest BCUT2D eigenvalue weighted by molar-refractivity contribution is -0.161. The summed E-state index contributed by atoms with van der Waals surface area (Å²) in [4.78, 5) is 11.6. The summed E-state index contributed by atoms with van der Waals surface area (Å²) in [6, 6.07) is 15.0. The van der Waals surface area contributed by atoms with Gasteiger partial charge in [-0.1, -0.05) is 65.8 Å². The summed E-state index contributed by atoms with van der Waals surface area (Å²) in [7, 11) is -1.79. The van der Waals surface area contributed by atoms with Gasteiger partial charge in [-0.15, -0.1) is 0 Å². The fourth-order valence-corrected chi connectivity index (χ4v) is 12.6. The van der Waals surface area contributed by atoms with E-state index in [1.165, 1.54) is 48.3 Å². The predicted octanol–water partition coefficient (Wildman–Crippen LogP) is 8.95.